The summed E-state index contributed by atoms with van der Waals surface area (Å²) in [5.74, 6) is -0.410. The molecule has 5 nitrogen and oxygen atoms in total. The highest BCUT2D eigenvalue weighted by Crippen LogP contribution is 2.26. The van der Waals surface area contributed by atoms with Crippen LogP contribution in [0, 0.1) is 28.4 Å². The van der Waals surface area contributed by atoms with E-state index in [-0.39, 0.29) is 16.5 Å². The van der Waals surface area contributed by atoms with Gasteiger partial charge in [0.25, 0.3) is 5.69 Å². The second kappa shape index (κ2) is 4.86. The summed E-state index contributed by atoms with van der Waals surface area (Å²) in [7, 11) is 0. The standard InChI is InChI=1S/C10H7BrN2O3/c1-6-2-7(5-12)10(13(15)16)8(3-6)9(14)4-11/h2-3H,4H2,1H3. The van der Waals surface area contributed by atoms with Crippen molar-refractivity contribution < 1.29 is 9.72 Å². The van der Waals surface area contributed by atoms with Crippen LogP contribution < -0.4 is 0 Å². The predicted octanol–water partition coefficient (Wildman–Crippen LogP) is 2.35. The van der Waals surface area contributed by atoms with E-state index in [0.29, 0.717) is 5.56 Å². The van der Waals surface area contributed by atoms with Crippen molar-refractivity contribution >= 4 is 27.4 Å². The molecular formula is C10H7BrN2O3. The molecule has 0 aliphatic heterocycles. The molecule has 0 fully saturated rings. The zero-order valence-electron chi connectivity index (χ0n) is 8.36. The average molecular weight is 283 g/mol. The third kappa shape index (κ3) is 2.25. The fourth-order valence-electron chi connectivity index (χ4n) is 1.35. The number of carbonyl (C=O) groups is 1. The lowest BCUT2D eigenvalue weighted by atomic mass is 10.0. The first-order valence-corrected chi connectivity index (χ1v) is 5.41. The van der Waals surface area contributed by atoms with Crippen LogP contribution in [0.25, 0.3) is 0 Å². The van der Waals surface area contributed by atoms with Gasteiger partial charge in [-0.15, -0.1) is 0 Å². The molecule has 0 atom stereocenters. The molecule has 0 saturated heterocycles. The number of carbonyl (C=O) groups excluding carboxylic acids is 1. The maximum absolute atomic E-state index is 11.5. The average Bonchev–Trinajstić information content (AvgIpc) is 2.26. The first-order chi connectivity index (χ1) is 7.51. The van der Waals surface area contributed by atoms with E-state index in [1.807, 2.05) is 0 Å². The predicted molar refractivity (Wildman–Crippen MR) is 60.7 cm³/mol. The van der Waals surface area contributed by atoms with Gasteiger partial charge in [0.15, 0.2) is 5.78 Å². The number of halogens is 1. The second-order valence-corrected chi connectivity index (χ2v) is 3.70. The number of nitriles is 1. The summed E-state index contributed by atoms with van der Waals surface area (Å²) >= 11 is 2.95. The number of ketones is 1. The number of rotatable bonds is 3. The maximum Gasteiger partial charge on any atom is 0.297 e. The van der Waals surface area contributed by atoms with Crippen molar-refractivity contribution in [2.24, 2.45) is 0 Å². The Labute approximate surface area is 100.0 Å². The fraction of sp³-hybridized carbons (Fsp3) is 0.200. The van der Waals surface area contributed by atoms with Gasteiger partial charge in [0.2, 0.25) is 0 Å². The van der Waals surface area contributed by atoms with Crippen molar-refractivity contribution in [3.63, 3.8) is 0 Å². The summed E-state index contributed by atoms with van der Waals surface area (Å²) in [4.78, 5) is 21.6. The van der Waals surface area contributed by atoms with E-state index in [4.69, 9.17) is 5.26 Å². The lowest BCUT2D eigenvalue weighted by Gasteiger charge is -2.03. The third-order valence-electron chi connectivity index (χ3n) is 1.98. The minimum atomic E-state index is -0.701. The molecule has 1 aromatic carbocycles. The second-order valence-electron chi connectivity index (χ2n) is 3.13. The summed E-state index contributed by atoms with van der Waals surface area (Å²) in [6, 6.07) is 4.54. The van der Waals surface area contributed by atoms with Gasteiger partial charge in [0, 0.05) is 0 Å². The minimum Gasteiger partial charge on any atom is -0.293 e. The number of alkyl halides is 1. The van der Waals surface area contributed by atoms with Gasteiger partial charge in [-0.1, -0.05) is 15.9 Å². The normalized spacial score (nSPS) is 9.56. The summed E-state index contributed by atoms with van der Waals surface area (Å²) < 4.78 is 0. The summed E-state index contributed by atoms with van der Waals surface area (Å²) in [6.45, 7) is 1.68. The van der Waals surface area contributed by atoms with Crippen molar-refractivity contribution in [2.45, 2.75) is 6.92 Å². The maximum atomic E-state index is 11.5. The number of benzene rings is 1. The number of aryl methyl sites for hydroxylation is 1. The number of nitro groups is 1. The zero-order chi connectivity index (χ0) is 12.3. The van der Waals surface area contributed by atoms with Gasteiger partial charge in [-0.05, 0) is 24.6 Å². The molecule has 0 aliphatic carbocycles. The van der Waals surface area contributed by atoms with E-state index >= 15 is 0 Å². The lowest BCUT2D eigenvalue weighted by Crippen LogP contribution is -2.07. The van der Waals surface area contributed by atoms with Crippen LogP contribution >= 0.6 is 15.9 Å². The minimum absolute atomic E-state index is 0.0117. The van der Waals surface area contributed by atoms with Crippen LogP contribution in [0.15, 0.2) is 12.1 Å². The fourth-order valence-corrected chi connectivity index (χ4v) is 1.65. The van der Waals surface area contributed by atoms with Gasteiger partial charge in [0.1, 0.15) is 11.6 Å². The van der Waals surface area contributed by atoms with Crippen molar-refractivity contribution in [3.05, 3.63) is 38.9 Å². The first kappa shape index (κ1) is 12.3. The topological polar surface area (TPSA) is 84.0 Å². The molecule has 82 valence electrons. The molecule has 0 aromatic heterocycles. The molecule has 0 bridgehead atoms. The molecule has 1 rings (SSSR count). The van der Waals surface area contributed by atoms with Crippen LogP contribution in [0.5, 0.6) is 0 Å². The SMILES string of the molecule is Cc1cc(C#N)c([N+](=O)[O-])c(C(=O)CBr)c1. The van der Waals surface area contributed by atoms with E-state index in [1.165, 1.54) is 12.1 Å². The Balaban J connectivity index is 3.58. The molecular weight excluding hydrogens is 276 g/mol. The Kier molecular flexibility index (Phi) is 3.74. The highest BCUT2D eigenvalue weighted by molar-refractivity contribution is 9.09. The van der Waals surface area contributed by atoms with Crippen molar-refractivity contribution in [1.82, 2.24) is 0 Å². The van der Waals surface area contributed by atoms with E-state index < -0.39 is 16.4 Å². The number of hydrogen-bond acceptors (Lipinski definition) is 4. The van der Waals surface area contributed by atoms with Gasteiger partial charge in [-0.25, -0.2) is 0 Å². The molecule has 16 heavy (non-hydrogen) atoms. The zero-order valence-corrected chi connectivity index (χ0v) is 9.94. The highest BCUT2D eigenvalue weighted by Gasteiger charge is 2.24. The van der Waals surface area contributed by atoms with Crippen LogP contribution in [0.4, 0.5) is 5.69 Å². The molecule has 0 aliphatic rings. The van der Waals surface area contributed by atoms with Crippen molar-refractivity contribution in [2.75, 3.05) is 5.33 Å². The van der Waals surface area contributed by atoms with Crippen LogP contribution in [0.2, 0.25) is 0 Å². The lowest BCUT2D eigenvalue weighted by molar-refractivity contribution is -0.385. The molecule has 0 spiro atoms. The monoisotopic (exact) mass is 282 g/mol. The Morgan fingerprint density at radius 2 is 2.25 bits per heavy atom. The molecule has 0 heterocycles. The molecule has 0 radical (unpaired) electrons. The first-order valence-electron chi connectivity index (χ1n) is 4.29. The molecule has 1 aromatic rings. The highest BCUT2D eigenvalue weighted by atomic mass is 79.9. The van der Waals surface area contributed by atoms with E-state index in [2.05, 4.69) is 15.9 Å². The Morgan fingerprint density at radius 1 is 1.62 bits per heavy atom. The molecule has 0 unspecified atom stereocenters. The van der Waals surface area contributed by atoms with Crippen molar-refractivity contribution in [3.8, 4) is 6.07 Å². The van der Waals surface area contributed by atoms with Gasteiger partial charge in [0.05, 0.1) is 15.8 Å². The summed E-state index contributed by atoms with van der Waals surface area (Å²) in [5.41, 5.74) is 0.108. The van der Waals surface area contributed by atoms with Crippen LogP contribution in [-0.4, -0.2) is 16.0 Å². The van der Waals surface area contributed by atoms with E-state index in [1.54, 1.807) is 13.0 Å². The number of hydrogen-bond donors (Lipinski definition) is 0. The smallest absolute Gasteiger partial charge is 0.293 e. The molecule has 6 heteroatoms. The van der Waals surface area contributed by atoms with Gasteiger partial charge < -0.3 is 0 Å². The number of nitro benzene ring substituents is 1. The van der Waals surface area contributed by atoms with Crippen LogP contribution in [0.1, 0.15) is 21.5 Å². The number of Topliss-reactive ketones (excluding diaryl/α,β-unsaturated/α-hetero) is 1. The quantitative estimate of drug-likeness (QED) is 0.369. The molecule has 0 amide bonds. The Hall–Kier alpha value is -1.74. The van der Waals surface area contributed by atoms with Gasteiger partial charge in [-0.2, -0.15) is 5.26 Å². The van der Waals surface area contributed by atoms with Crippen molar-refractivity contribution in [1.29, 1.82) is 5.26 Å². The Morgan fingerprint density at radius 3 is 2.69 bits per heavy atom. The van der Waals surface area contributed by atoms with Crippen LogP contribution in [0.3, 0.4) is 0 Å². The Bertz CT molecular complexity index is 506. The largest absolute Gasteiger partial charge is 0.297 e. The molecule has 0 N–H and O–H groups in total. The van der Waals surface area contributed by atoms with Gasteiger partial charge >= 0.3 is 0 Å². The molecule has 0 saturated carbocycles. The summed E-state index contributed by atoms with van der Waals surface area (Å²) in [6.07, 6.45) is 0. The van der Waals surface area contributed by atoms with E-state index in [9.17, 15) is 14.9 Å². The van der Waals surface area contributed by atoms with Gasteiger partial charge in [-0.3, -0.25) is 14.9 Å². The summed E-state index contributed by atoms with van der Waals surface area (Å²) in [5, 5.41) is 19.6. The number of nitrogens with zero attached hydrogens (tertiary/aromatic N) is 2. The third-order valence-corrected chi connectivity index (χ3v) is 2.49. The van der Waals surface area contributed by atoms with E-state index in [0.717, 1.165) is 0 Å². The van der Waals surface area contributed by atoms with Crippen LogP contribution in [-0.2, 0) is 0 Å².